The third-order valence-electron chi connectivity index (χ3n) is 6.31. The van der Waals surface area contributed by atoms with Gasteiger partial charge in [0.05, 0.1) is 24.2 Å². The van der Waals surface area contributed by atoms with Gasteiger partial charge in [0, 0.05) is 31.2 Å². The van der Waals surface area contributed by atoms with Crippen LogP contribution in [0.1, 0.15) is 25.3 Å². The van der Waals surface area contributed by atoms with Crippen molar-refractivity contribution in [3.8, 4) is 11.5 Å². The maximum Gasteiger partial charge on any atom is 0.511 e. The lowest BCUT2D eigenvalue weighted by Gasteiger charge is -2.35. The summed E-state index contributed by atoms with van der Waals surface area (Å²) in [6.07, 6.45) is 2.58. The molecule has 3 fully saturated rings. The highest BCUT2D eigenvalue weighted by Gasteiger charge is 2.44. The number of anilines is 1. The number of aromatic nitrogens is 1. The molecular weight excluding hydrogens is 381 g/mol. The van der Waals surface area contributed by atoms with Crippen LogP contribution in [-0.2, 0) is 0 Å². The van der Waals surface area contributed by atoms with Crippen molar-refractivity contribution in [2.45, 2.75) is 37.4 Å². The van der Waals surface area contributed by atoms with Crippen LogP contribution >= 0.6 is 0 Å². The number of halogens is 1. The Morgan fingerprint density at radius 3 is 2.55 bits per heavy atom. The molecule has 154 valence electrons. The maximum atomic E-state index is 15.3. The number of piperazine rings is 1. The summed E-state index contributed by atoms with van der Waals surface area (Å²) >= 11 is 0. The fraction of sp³-hybridized carbons (Fsp3) is 0.500. The van der Waals surface area contributed by atoms with E-state index in [1.807, 2.05) is 4.90 Å². The normalized spacial score (nSPS) is 23.8. The molecule has 1 aromatic carbocycles. The summed E-state index contributed by atoms with van der Waals surface area (Å²) in [6.45, 7) is 1.56. The second-order valence-electron chi connectivity index (χ2n) is 8.10. The van der Waals surface area contributed by atoms with Crippen molar-refractivity contribution in [2.24, 2.45) is 0 Å². The van der Waals surface area contributed by atoms with Gasteiger partial charge in [-0.15, -0.1) is 0 Å². The highest BCUT2D eigenvalue weighted by molar-refractivity contribution is 5.92. The molecule has 8 nitrogen and oxygen atoms in total. The first kappa shape index (κ1) is 18.2. The van der Waals surface area contributed by atoms with Crippen molar-refractivity contribution < 1.29 is 23.8 Å². The molecule has 2 aliphatic heterocycles. The quantitative estimate of drug-likeness (QED) is 0.785. The largest absolute Gasteiger partial charge is 0.511 e. The van der Waals surface area contributed by atoms with Gasteiger partial charge in [-0.2, -0.15) is 0 Å². The summed E-state index contributed by atoms with van der Waals surface area (Å²) in [4.78, 5) is 28.2. The Kier molecular flexibility index (Phi) is 3.99. The number of methoxy groups -OCH3 is 1. The van der Waals surface area contributed by atoms with Gasteiger partial charge in [-0.05, 0) is 32.4 Å². The summed E-state index contributed by atoms with van der Waals surface area (Å²) in [5.41, 5.74) is 0.206. The minimum absolute atomic E-state index is 0.0650. The summed E-state index contributed by atoms with van der Waals surface area (Å²) in [6, 6.07) is 1.86. The van der Waals surface area contributed by atoms with E-state index in [0.717, 1.165) is 25.8 Å². The van der Waals surface area contributed by atoms with E-state index in [0.29, 0.717) is 29.5 Å². The minimum Gasteiger partial charge on any atom is -0.492 e. The van der Waals surface area contributed by atoms with Gasteiger partial charge in [0.15, 0.2) is 17.3 Å². The summed E-state index contributed by atoms with van der Waals surface area (Å²) in [5, 5.41) is 9.02. The molecule has 9 heteroatoms. The Labute approximate surface area is 166 Å². The van der Waals surface area contributed by atoms with E-state index < -0.39 is 17.4 Å². The highest BCUT2D eigenvalue weighted by Crippen LogP contribution is 2.46. The average molecular weight is 403 g/mol. The molecule has 3 aliphatic rings. The van der Waals surface area contributed by atoms with Gasteiger partial charge in [-0.3, -0.25) is 9.69 Å². The number of nitrogens with zero attached hydrogens (tertiary/aromatic N) is 3. The average Bonchev–Trinajstić information content (AvgIpc) is 3.35. The first-order valence-corrected chi connectivity index (χ1v) is 9.72. The molecule has 1 aromatic heterocycles. The van der Waals surface area contributed by atoms with Crippen molar-refractivity contribution in [3.63, 3.8) is 0 Å². The number of ether oxygens (including phenoxy) is 2. The van der Waals surface area contributed by atoms with Crippen molar-refractivity contribution in [1.82, 2.24) is 9.47 Å². The van der Waals surface area contributed by atoms with E-state index in [1.54, 1.807) is 4.57 Å². The number of fused-ring (bicyclic) bond motifs is 3. The first-order valence-electron chi connectivity index (χ1n) is 9.72. The topological polar surface area (TPSA) is 84.2 Å². The zero-order chi connectivity index (χ0) is 20.4. The van der Waals surface area contributed by atoms with Crippen molar-refractivity contribution in [1.29, 1.82) is 0 Å². The van der Waals surface area contributed by atoms with Gasteiger partial charge >= 0.3 is 6.16 Å². The van der Waals surface area contributed by atoms with E-state index in [1.165, 1.54) is 19.4 Å². The second kappa shape index (κ2) is 6.35. The Balaban J connectivity index is 1.75. The molecule has 1 aliphatic carbocycles. The molecule has 2 aromatic rings. The molecule has 3 heterocycles. The molecule has 0 unspecified atom stereocenters. The number of hydrogen-bond acceptors (Lipinski definition) is 6. The Hall–Kier alpha value is -2.81. The van der Waals surface area contributed by atoms with E-state index in [-0.39, 0.29) is 23.2 Å². The van der Waals surface area contributed by atoms with Crippen LogP contribution in [0.25, 0.3) is 10.9 Å². The zero-order valence-corrected chi connectivity index (χ0v) is 16.2. The zero-order valence-electron chi connectivity index (χ0n) is 16.2. The van der Waals surface area contributed by atoms with Gasteiger partial charge in [0.2, 0.25) is 5.43 Å². The molecule has 2 bridgehead atoms. The van der Waals surface area contributed by atoms with Gasteiger partial charge in [-0.1, -0.05) is 0 Å². The molecule has 5 rings (SSSR count). The number of likely N-dealkylation sites (N-methyl/N-ethyl adjacent to an activating group) is 1. The lowest BCUT2D eigenvalue weighted by atomic mass is 10.1. The van der Waals surface area contributed by atoms with Gasteiger partial charge in [0.25, 0.3) is 0 Å². The number of carboxylic acid groups (broad SMARTS) is 1. The third-order valence-corrected chi connectivity index (χ3v) is 6.31. The minimum atomic E-state index is -1.58. The fourth-order valence-corrected chi connectivity index (χ4v) is 4.83. The van der Waals surface area contributed by atoms with E-state index >= 15 is 4.39 Å². The van der Waals surface area contributed by atoms with E-state index in [4.69, 9.17) is 9.84 Å². The number of carbonyl (C=O) groups is 1. The van der Waals surface area contributed by atoms with E-state index in [2.05, 4.69) is 16.7 Å². The molecule has 2 atom stereocenters. The van der Waals surface area contributed by atoms with Gasteiger partial charge in [0.1, 0.15) is 5.69 Å². The summed E-state index contributed by atoms with van der Waals surface area (Å²) in [5.74, 6) is -0.550. The third kappa shape index (κ3) is 2.75. The standard InChI is InChI=1S/C20H22FN3O5/c1-22-7-12-5-11(22)8-23(12)17-14(21)6-13-16(19(17)28-2)24(10-3-4-10)9-15(18(13)25)29-20(26)27/h6,9-12H,3-5,7-8H2,1-2H3,(H,26,27)/t11-,12-/m0/s1. The Bertz CT molecular complexity index is 1080. The number of hydrogen-bond donors (Lipinski definition) is 1. The molecular formula is C20H22FN3O5. The summed E-state index contributed by atoms with van der Waals surface area (Å²) < 4.78 is 27.5. The van der Waals surface area contributed by atoms with Crippen molar-refractivity contribution >= 4 is 22.7 Å². The van der Waals surface area contributed by atoms with Gasteiger partial charge < -0.3 is 24.0 Å². The van der Waals surface area contributed by atoms with Crippen LogP contribution in [0.15, 0.2) is 17.1 Å². The van der Waals surface area contributed by atoms with Crippen LogP contribution in [0.2, 0.25) is 0 Å². The Morgan fingerprint density at radius 2 is 2.00 bits per heavy atom. The number of likely N-dealkylation sites (tertiary alicyclic amines) is 1. The van der Waals surface area contributed by atoms with Crippen LogP contribution in [0, 0.1) is 5.82 Å². The molecule has 29 heavy (non-hydrogen) atoms. The monoisotopic (exact) mass is 403 g/mol. The SMILES string of the molecule is COc1c(N2C[C@@H]3C[C@H]2CN3C)c(F)cc2c(=O)c(OC(=O)O)cn(C3CC3)c12. The van der Waals surface area contributed by atoms with Crippen LogP contribution in [-0.4, -0.2) is 60.1 Å². The molecule has 0 radical (unpaired) electrons. The number of benzene rings is 1. The molecule has 1 N–H and O–H groups in total. The molecule has 0 spiro atoms. The summed E-state index contributed by atoms with van der Waals surface area (Å²) in [7, 11) is 3.55. The fourth-order valence-electron chi connectivity index (χ4n) is 4.83. The van der Waals surface area contributed by atoms with Crippen LogP contribution in [0.5, 0.6) is 11.5 Å². The van der Waals surface area contributed by atoms with Gasteiger partial charge in [-0.25, -0.2) is 9.18 Å². The van der Waals surface area contributed by atoms with Crippen LogP contribution < -0.4 is 19.8 Å². The van der Waals surface area contributed by atoms with Crippen LogP contribution in [0.3, 0.4) is 0 Å². The lowest BCUT2D eigenvalue weighted by Crippen LogP contribution is -2.45. The second-order valence-corrected chi connectivity index (χ2v) is 8.10. The first-order chi connectivity index (χ1) is 13.9. The lowest BCUT2D eigenvalue weighted by molar-refractivity contribution is 0.143. The predicted octanol–water partition coefficient (Wildman–Crippen LogP) is 2.43. The Morgan fingerprint density at radius 1 is 1.24 bits per heavy atom. The molecule has 2 saturated heterocycles. The highest BCUT2D eigenvalue weighted by atomic mass is 19.1. The van der Waals surface area contributed by atoms with Crippen molar-refractivity contribution in [2.75, 3.05) is 32.1 Å². The number of pyridine rings is 1. The van der Waals surface area contributed by atoms with E-state index in [9.17, 15) is 9.59 Å². The molecule has 1 saturated carbocycles. The maximum absolute atomic E-state index is 15.3. The smallest absolute Gasteiger partial charge is 0.492 e. The molecule has 0 amide bonds. The van der Waals surface area contributed by atoms with Crippen LogP contribution in [0.4, 0.5) is 14.9 Å². The number of rotatable bonds is 4. The predicted molar refractivity (Wildman–Crippen MR) is 104 cm³/mol. The van der Waals surface area contributed by atoms with Crippen molar-refractivity contribution in [3.05, 3.63) is 28.3 Å².